The van der Waals surface area contributed by atoms with Gasteiger partial charge in [-0.3, -0.25) is 4.79 Å². The monoisotopic (exact) mass is 346 g/mol. The quantitative estimate of drug-likeness (QED) is 0.824. The number of hydrogen-bond acceptors (Lipinski definition) is 7. The molecule has 2 aromatic heterocycles. The highest BCUT2D eigenvalue weighted by molar-refractivity contribution is 5.72. The van der Waals surface area contributed by atoms with Crippen LogP contribution in [0.25, 0.3) is 5.65 Å². The highest BCUT2D eigenvalue weighted by Crippen LogP contribution is 2.32. The van der Waals surface area contributed by atoms with Crippen molar-refractivity contribution in [2.45, 2.75) is 6.18 Å². The van der Waals surface area contributed by atoms with E-state index in [4.69, 9.17) is 9.84 Å². The van der Waals surface area contributed by atoms with Crippen LogP contribution in [-0.2, 0) is 15.7 Å². The predicted octanol–water partition coefficient (Wildman–Crippen LogP) is 0.476. The molecule has 1 fully saturated rings. The van der Waals surface area contributed by atoms with Crippen LogP contribution in [0.3, 0.4) is 0 Å². The van der Waals surface area contributed by atoms with Gasteiger partial charge in [0.1, 0.15) is 12.1 Å². The van der Waals surface area contributed by atoms with Crippen LogP contribution < -0.4 is 10.2 Å². The maximum atomic E-state index is 13.1. The van der Waals surface area contributed by atoms with Crippen LogP contribution in [-0.4, -0.2) is 63.5 Å². The Labute approximate surface area is 133 Å². The number of morpholine rings is 1. The molecule has 0 atom stereocenters. The minimum atomic E-state index is -4.64. The Bertz CT molecular complexity index is 756. The summed E-state index contributed by atoms with van der Waals surface area (Å²) >= 11 is 0. The van der Waals surface area contributed by atoms with Gasteiger partial charge >= 0.3 is 12.1 Å². The Morgan fingerprint density at radius 1 is 1.33 bits per heavy atom. The van der Waals surface area contributed by atoms with Crippen molar-refractivity contribution in [3.05, 3.63) is 11.8 Å². The largest absolute Gasteiger partial charge is 0.480 e. The smallest absolute Gasteiger partial charge is 0.421 e. The van der Waals surface area contributed by atoms with Gasteiger partial charge in [-0.05, 0) is 0 Å². The number of aliphatic carboxylic acids is 1. The van der Waals surface area contributed by atoms with Gasteiger partial charge in [0.05, 0.1) is 19.4 Å². The number of alkyl halides is 3. The lowest BCUT2D eigenvalue weighted by molar-refractivity contribution is -0.137. The maximum Gasteiger partial charge on any atom is 0.421 e. The number of carbonyl (C=O) groups is 1. The van der Waals surface area contributed by atoms with Crippen LogP contribution >= 0.6 is 0 Å². The van der Waals surface area contributed by atoms with Crippen LogP contribution in [0.5, 0.6) is 0 Å². The SMILES string of the molecule is O=C(O)CNc1nc(N2CCOCC2)nc2c(C(F)(F)F)cnn12. The first-order valence-corrected chi connectivity index (χ1v) is 6.97. The summed E-state index contributed by atoms with van der Waals surface area (Å²) in [5.41, 5.74) is -1.45. The van der Waals surface area contributed by atoms with E-state index in [1.165, 1.54) is 0 Å². The third-order valence-corrected chi connectivity index (χ3v) is 3.35. The molecule has 0 amide bonds. The van der Waals surface area contributed by atoms with Crippen molar-refractivity contribution in [3.63, 3.8) is 0 Å². The Morgan fingerprint density at radius 3 is 2.67 bits per heavy atom. The fourth-order valence-electron chi connectivity index (χ4n) is 2.24. The van der Waals surface area contributed by atoms with Crippen LogP contribution in [0.4, 0.5) is 25.1 Å². The molecule has 1 aliphatic heterocycles. The molecule has 0 aliphatic carbocycles. The Morgan fingerprint density at radius 2 is 2.04 bits per heavy atom. The first-order chi connectivity index (χ1) is 11.4. The summed E-state index contributed by atoms with van der Waals surface area (Å²) in [5, 5.41) is 14.8. The molecule has 3 heterocycles. The zero-order chi connectivity index (χ0) is 17.3. The van der Waals surface area contributed by atoms with Gasteiger partial charge in [-0.1, -0.05) is 0 Å². The molecule has 9 nitrogen and oxygen atoms in total. The third-order valence-electron chi connectivity index (χ3n) is 3.35. The van der Waals surface area contributed by atoms with Crippen molar-refractivity contribution in [3.8, 4) is 0 Å². The summed E-state index contributed by atoms with van der Waals surface area (Å²) in [6.45, 7) is 1.12. The molecule has 12 heteroatoms. The summed E-state index contributed by atoms with van der Waals surface area (Å²) in [7, 11) is 0. The van der Waals surface area contributed by atoms with Crippen molar-refractivity contribution in [2.75, 3.05) is 43.1 Å². The molecule has 1 saturated heterocycles. The molecule has 0 unspecified atom stereocenters. The van der Waals surface area contributed by atoms with Crippen molar-refractivity contribution in [2.24, 2.45) is 0 Å². The van der Waals surface area contributed by atoms with Gasteiger partial charge in [0.25, 0.3) is 0 Å². The molecular formula is C12H13F3N6O3. The van der Waals surface area contributed by atoms with E-state index in [1.807, 2.05) is 0 Å². The number of fused-ring (bicyclic) bond motifs is 1. The number of hydrogen-bond donors (Lipinski definition) is 2. The minimum Gasteiger partial charge on any atom is -0.480 e. The van der Waals surface area contributed by atoms with Crippen molar-refractivity contribution in [1.29, 1.82) is 0 Å². The molecule has 3 rings (SSSR count). The van der Waals surface area contributed by atoms with Crippen LogP contribution in [0.2, 0.25) is 0 Å². The van der Waals surface area contributed by atoms with E-state index in [2.05, 4.69) is 20.4 Å². The molecule has 130 valence electrons. The molecule has 0 radical (unpaired) electrons. The lowest BCUT2D eigenvalue weighted by Crippen LogP contribution is -2.37. The summed E-state index contributed by atoms with van der Waals surface area (Å²) in [4.78, 5) is 20.5. The Hall–Kier alpha value is -2.63. The third kappa shape index (κ3) is 3.18. The molecule has 0 saturated carbocycles. The molecule has 2 aromatic rings. The number of aromatic nitrogens is 4. The number of nitrogens with one attached hydrogen (secondary N) is 1. The number of rotatable bonds is 4. The second-order valence-corrected chi connectivity index (χ2v) is 4.99. The standard InChI is InChI=1S/C12H13F3N6O3/c13-12(14,15)7-5-17-21-9(7)18-11(20-1-3-24-4-2-20)19-10(21)16-6-8(22)23/h5H,1-4,6H2,(H,22,23)(H,16,18,19). The number of anilines is 2. The number of carboxylic acid groups (broad SMARTS) is 1. The van der Waals surface area contributed by atoms with Gasteiger partial charge in [-0.2, -0.15) is 32.8 Å². The second kappa shape index (κ2) is 6.11. The van der Waals surface area contributed by atoms with Gasteiger partial charge in [-0.15, -0.1) is 0 Å². The maximum absolute atomic E-state index is 13.1. The molecule has 0 aromatic carbocycles. The Balaban J connectivity index is 2.09. The topological polar surface area (TPSA) is 105 Å². The number of carboxylic acids is 1. The van der Waals surface area contributed by atoms with Gasteiger partial charge < -0.3 is 20.1 Å². The normalized spacial score (nSPS) is 15.7. The van der Waals surface area contributed by atoms with E-state index in [-0.39, 0.29) is 11.9 Å². The molecule has 0 spiro atoms. The van der Waals surface area contributed by atoms with E-state index < -0.39 is 29.9 Å². The average Bonchev–Trinajstić information content (AvgIpc) is 2.97. The lowest BCUT2D eigenvalue weighted by Gasteiger charge is -2.27. The van der Waals surface area contributed by atoms with Crippen molar-refractivity contribution < 1.29 is 27.8 Å². The summed E-state index contributed by atoms with van der Waals surface area (Å²) in [6, 6.07) is 0. The molecule has 0 bridgehead atoms. The van der Waals surface area contributed by atoms with E-state index in [9.17, 15) is 18.0 Å². The van der Waals surface area contributed by atoms with Crippen LogP contribution in [0.1, 0.15) is 5.56 Å². The second-order valence-electron chi connectivity index (χ2n) is 4.99. The summed E-state index contributed by atoms with van der Waals surface area (Å²) in [5.74, 6) is -1.25. The van der Waals surface area contributed by atoms with Gasteiger partial charge in [0.15, 0.2) is 5.65 Å². The molecular weight excluding hydrogens is 333 g/mol. The number of ether oxygens (including phenoxy) is 1. The zero-order valence-corrected chi connectivity index (χ0v) is 12.2. The fraction of sp³-hybridized carbons (Fsp3) is 0.500. The van der Waals surface area contributed by atoms with Gasteiger partial charge in [0, 0.05) is 13.1 Å². The first-order valence-electron chi connectivity index (χ1n) is 6.97. The first kappa shape index (κ1) is 16.2. The van der Waals surface area contributed by atoms with E-state index in [0.717, 1.165) is 4.52 Å². The molecule has 1 aliphatic rings. The van der Waals surface area contributed by atoms with Crippen LogP contribution in [0.15, 0.2) is 6.20 Å². The summed E-state index contributed by atoms with van der Waals surface area (Å²) in [6.07, 6.45) is -4.00. The van der Waals surface area contributed by atoms with Gasteiger partial charge in [-0.25, -0.2) is 0 Å². The fourth-order valence-corrected chi connectivity index (χ4v) is 2.24. The summed E-state index contributed by atoms with van der Waals surface area (Å²) < 4.78 is 45.4. The predicted molar refractivity (Wildman–Crippen MR) is 74.9 cm³/mol. The molecule has 24 heavy (non-hydrogen) atoms. The van der Waals surface area contributed by atoms with Crippen molar-refractivity contribution in [1.82, 2.24) is 19.6 Å². The average molecular weight is 346 g/mol. The van der Waals surface area contributed by atoms with Crippen molar-refractivity contribution >= 4 is 23.5 Å². The zero-order valence-electron chi connectivity index (χ0n) is 12.2. The number of halogens is 3. The molecule has 2 N–H and O–H groups in total. The lowest BCUT2D eigenvalue weighted by atomic mass is 10.3. The highest BCUT2D eigenvalue weighted by atomic mass is 19.4. The highest BCUT2D eigenvalue weighted by Gasteiger charge is 2.36. The van der Waals surface area contributed by atoms with E-state index >= 15 is 0 Å². The van der Waals surface area contributed by atoms with Gasteiger partial charge in [0.2, 0.25) is 11.9 Å². The van der Waals surface area contributed by atoms with E-state index in [1.54, 1.807) is 4.90 Å². The Kier molecular flexibility index (Phi) is 4.13. The minimum absolute atomic E-state index is 0.0599. The van der Waals surface area contributed by atoms with E-state index in [0.29, 0.717) is 32.5 Å². The van der Waals surface area contributed by atoms with Crippen LogP contribution in [0, 0.1) is 0 Å². The number of nitrogens with zero attached hydrogens (tertiary/aromatic N) is 5.